The van der Waals surface area contributed by atoms with Crippen LogP contribution in [0.4, 0.5) is 0 Å². The molecule has 0 saturated carbocycles. The Morgan fingerprint density at radius 1 is 1.06 bits per heavy atom. The van der Waals surface area contributed by atoms with E-state index in [0.29, 0.717) is 37.2 Å². The molecule has 0 amide bonds. The molecule has 1 saturated heterocycles. The fourth-order valence-electron chi connectivity index (χ4n) is 3.79. The number of hydrogen-bond donors (Lipinski definition) is 0. The summed E-state index contributed by atoms with van der Waals surface area (Å²) in [4.78, 5) is 11.7. The molecule has 1 aliphatic heterocycles. The molecule has 0 bridgehead atoms. The number of methoxy groups -OCH3 is 1. The lowest BCUT2D eigenvalue weighted by molar-refractivity contribution is -0.221. The summed E-state index contributed by atoms with van der Waals surface area (Å²) in [6, 6.07) is 21.3. The van der Waals surface area contributed by atoms with Crippen molar-refractivity contribution < 1.29 is 28.5 Å². The first-order valence-corrected chi connectivity index (χ1v) is 11.4. The zero-order chi connectivity index (χ0) is 24.0. The van der Waals surface area contributed by atoms with Gasteiger partial charge in [0, 0.05) is 16.1 Å². The van der Waals surface area contributed by atoms with Gasteiger partial charge in [-0.25, -0.2) is 4.79 Å². The molecule has 7 heteroatoms. The van der Waals surface area contributed by atoms with Crippen LogP contribution in [0.15, 0.2) is 66.7 Å². The summed E-state index contributed by atoms with van der Waals surface area (Å²) in [5.41, 5.74) is 3.14. The largest absolute Gasteiger partial charge is 0.496 e. The van der Waals surface area contributed by atoms with Gasteiger partial charge in [0.05, 0.1) is 26.9 Å². The summed E-state index contributed by atoms with van der Waals surface area (Å²) in [5.74, 6) is 1.06. The third-order valence-corrected chi connectivity index (χ3v) is 6.01. The zero-order valence-corrected chi connectivity index (χ0v) is 20.0. The Morgan fingerprint density at radius 3 is 2.47 bits per heavy atom. The van der Waals surface area contributed by atoms with Gasteiger partial charge in [-0.3, -0.25) is 0 Å². The number of halogens is 1. The summed E-state index contributed by atoms with van der Waals surface area (Å²) < 4.78 is 27.8. The standard InChI is InChI=1S/C27H27ClO6/c1-3-32-26(29)16-34-27(17-31-18-27)21-9-11-22(12-10-21)33-15-20-14-19(8-13-25(20)30-2)23-6-4-5-7-24(23)28/h4-14H,3,15-18H2,1-2H3. The third kappa shape index (κ3) is 5.36. The van der Waals surface area contributed by atoms with Gasteiger partial charge in [0.1, 0.15) is 30.3 Å². The second-order valence-corrected chi connectivity index (χ2v) is 8.31. The van der Waals surface area contributed by atoms with E-state index in [-0.39, 0.29) is 12.6 Å². The fraction of sp³-hybridized carbons (Fsp3) is 0.296. The van der Waals surface area contributed by atoms with Gasteiger partial charge < -0.3 is 23.7 Å². The molecule has 1 fully saturated rings. The molecule has 6 nitrogen and oxygen atoms in total. The van der Waals surface area contributed by atoms with Crippen molar-refractivity contribution in [2.75, 3.05) is 33.5 Å². The van der Waals surface area contributed by atoms with Crippen LogP contribution in [-0.4, -0.2) is 39.5 Å². The summed E-state index contributed by atoms with van der Waals surface area (Å²) >= 11 is 6.37. The maximum absolute atomic E-state index is 11.7. The van der Waals surface area contributed by atoms with E-state index < -0.39 is 5.60 Å². The Hall–Kier alpha value is -3.06. The van der Waals surface area contributed by atoms with E-state index in [1.54, 1.807) is 14.0 Å². The number of rotatable bonds is 10. The van der Waals surface area contributed by atoms with Crippen molar-refractivity contribution in [1.29, 1.82) is 0 Å². The third-order valence-electron chi connectivity index (χ3n) is 5.68. The van der Waals surface area contributed by atoms with E-state index in [1.165, 1.54) is 0 Å². The Morgan fingerprint density at radius 2 is 1.82 bits per heavy atom. The number of esters is 1. The molecule has 0 unspecified atom stereocenters. The highest BCUT2D eigenvalue weighted by molar-refractivity contribution is 6.33. The number of carbonyl (C=O) groups excluding carboxylic acids is 1. The van der Waals surface area contributed by atoms with E-state index in [4.69, 9.17) is 35.3 Å². The van der Waals surface area contributed by atoms with Crippen molar-refractivity contribution in [1.82, 2.24) is 0 Å². The number of hydrogen-bond acceptors (Lipinski definition) is 6. The van der Waals surface area contributed by atoms with E-state index in [2.05, 4.69) is 0 Å². The normalized spacial score (nSPS) is 14.2. The van der Waals surface area contributed by atoms with Gasteiger partial charge in [-0.15, -0.1) is 0 Å². The molecule has 0 aliphatic carbocycles. The molecule has 1 aliphatic rings. The number of ether oxygens (including phenoxy) is 5. The Kier molecular flexibility index (Phi) is 7.73. The maximum atomic E-state index is 11.7. The molecule has 0 radical (unpaired) electrons. The summed E-state index contributed by atoms with van der Waals surface area (Å²) in [6.07, 6.45) is 0. The second kappa shape index (κ2) is 10.9. The quantitative estimate of drug-likeness (QED) is 0.360. The summed E-state index contributed by atoms with van der Waals surface area (Å²) in [7, 11) is 1.64. The van der Waals surface area contributed by atoms with Crippen LogP contribution in [0.2, 0.25) is 5.02 Å². The van der Waals surface area contributed by atoms with E-state index in [1.807, 2.05) is 66.7 Å². The van der Waals surface area contributed by atoms with E-state index in [9.17, 15) is 4.79 Å². The Bertz CT molecular complexity index is 1120. The molecule has 1 heterocycles. The lowest BCUT2D eigenvalue weighted by atomic mass is 9.91. The van der Waals surface area contributed by atoms with E-state index in [0.717, 1.165) is 28.0 Å². The Labute approximate surface area is 204 Å². The highest BCUT2D eigenvalue weighted by Gasteiger charge is 2.42. The van der Waals surface area contributed by atoms with Gasteiger partial charge in [0.2, 0.25) is 0 Å². The molecule has 0 spiro atoms. The van der Waals surface area contributed by atoms with Crippen LogP contribution in [0.1, 0.15) is 18.1 Å². The van der Waals surface area contributed by atoms with Crippen molar-refractivity contribution >= 4 is 17.6 Å². The minimum Gasteiger partial charge on any atom is -0.496 e. The molecule has 4 rings (SSSR count). The lowest BCUT2D eigenvalue weighted by Gasteiger charge is -2.41. The van der Waals surface area contributed by atoms with E-state index >= 15 is 0 Å². The SMILES string of the molecule is CCOC(=O)COC1(c2ccc(OCc3cc(-c4ccccc4Cl)ccc3OC)cc2)COC1. The van der Waals surface area contributed by atoms with Crippen LogP contribution < -0.4 is 9.47 Å². The molecular formula is C27H27ClO6. The van der Waals surface area contributed by atoms with Gasteiger partial charge in [0.25, 0.3) is 0 Å². The van der Waals surface area contributed by atoms with Crippen molar-refractivity contribution in [3.63, 3.8) is 0 Å². The van der Waals surface area contributed by atoms with Crippen molar-refractivity contribution in [3.05, 3.63) is 82.9 Å². The summed E-state index contributed by atoms with van der Waals surface area (Å²) in [6.45, 7) is 3.08. The smallest absolute Gasteiger partial charge is 0.332 e. The first-order valence-electron chi connectivity index (χ1n) is 11.1. The predicted molar refractivity (Wildman–Crippen MR) is 129 cm³/mol. The molecule has 0 atom stereocenters. The van der Waals surface area contributed by atoms with Crippen LogP contribution in [0.5, 0.6) is 11.5 Å². The molecule has 34 heavy (non-hydrogen) atoms. The average molecular weight is 483 g/mol. The van der Waals surface area contributed by atoms with Crippen LogP contribution in [0, 0.1) is 0 Å². The predicted octanol–water partition coefficient (Wildman–Crippen LogP) is 5.40. The highest BCUT2D eigenvalue weighted by atomic mass is 35.5. The second-order valence-electron chi connectivity index (χ2n) is 7.90. The minimum atomic E-state index is -0.641. The van der Waals surface area contributed by atoms with Gasteiger partial charge in [-0.05, 0) is 48.4 Å². The van der Waals surface area contributed by atoms with Crippen molar-refractivity contribution in [2.45, 2.75) is 19.1 Å². The first-order chi connectivity index (χ1) is 16.5. The van der Waals surface area contributed by atoms with Gasteiger partial charge in [0.15, 0.2) is 0 Å². The highest BCUT2D eigenvalue weighted by Crippen LogP contribution is 2.35. The average Bonchev–Trinajstić information content (AvgIpc) is 2.83. The molecule has 0 N–H and O–H groups in total. The van der Waals surface area contributed by atoms with Gasteiger partial charge in [-0.2, -0.15) is 0 Å². The van der Waals surface area contributed by atoms with Crippen molar-refractivity contribution in [3.8, 4) is 22.6 Å². The summed E-state index contributed by atoms with van der Waals surface area (Å²) in [5, 5.41) is 0.689. The topological polar surface area (TPSA) is 63.2 Å². The molecule has 0 aromatic heterocycles. The van der Waals surface area contributed by atoms with Crippen LogP contribution in [-0.2, 0) is 31.2 Å². The maximum Gasteiger partial charge on any atom is 0.332 e. The molecular weight excluding hydrogens is 456 g/mol. The number of benzene rings is 3. The first kappa shape index (κ1) is 24.1. The van der Waals surface area contributed by atoms with Crippen LogP contribution in [0.3, 0.4) is 0 Å². The van der Waals surface area contributed by atoms with Crippen LogP contribution in [0.25, 0.3) is 11.1 Å². The molecule has 3 aromatic rings. The zero-order valence-electron chi connectivity index (χ0n) is 19.2. The van der Waals surface area contributed by atoms with Gasteiger partial charge >= 0.3 is 5.97 Å². The Balaban J connectivity index is 1.45. The molecule has 178 valence electrons. The molecule has 3 aromatic carbocycles. The number of carbonyl (C=O) groups is 1. The van der Waals surface area contributed by atoms with Crippen molar-refractivity contribution in [2.24, 2.45) is 0 Å². The fourth-order valence-corrected chi connectivity index (χ4v) is 4.04. The minimum absolute atomic E-state index is 0.114. The van der Waals surface area contributed by atoms with Crippen LogP contribution >= 0.6 is 11.6 Å². The lowest BCUT2D eigenvalue weighted by Crippen LogP contribution is -2.49. The monoisotopic (exact) mass is 482 g/mol. The van der Waals surface area contributed by atoms with Gasteiger partial charge in [-0.1, -0.05) is 48.0 Å².